The first kappa shape index (κ1) is 25.9. The zero-order chi connectivity index (χ0) is 25.4. The molecular formula is C25H22ClFN4O3S. The van der Waals surface area contributed by atoms with Gasteiger partial charge >= 0.3 is 0 Å². The number of aromatic nitrogens is 2. The Bertz CT molecular complexity index is 1390. The van der Waals surface area contributed by atoms with E-state index in [1.165, 1.54) is 33.7 Å². The lowest BCUT2D eigenvalue weighted by molar-refractivity contribution is -0.116. The number of amides is 2. The minimum absolute atomic E-state index is 0.0263. The molecule has 0 fully saturated rings. The smallest absolute Gasteiger partial charge is 0.266 e. The topological polar surface area (TPSA) is 84.3 Å². The molecule has 0 atom stereocenters. The third kappa shape index (κ3) is 7.14. The molecule has 0 spiro atoms. The number of benzene rings is 3. The Labute approximate surface area is 210 Å². The monoisotopic (exact) mass is 512 g/mol. The summed E-state index contributed by atoms with van der Waals surface area (Å²) in [7, 11) is 3.38. The predicted molar refractivity (Wildman–Crippen MR) is 138 cm³/mol. The van der Waals surface area contributed by atoms with Crippen molar-refractivity contribution in [1.82, 2.24) is 14.5 Å². The van der Waals surface area contributed by atoms with Crippen molar-refractivity contribution in [3.63, 3.8) is 0 Å². The van der Waals surface area contributed by atoms with Crippen LogP contribution in [0.4, 0.5) is 10.1 Å². The van der Waals surface area contributed by atoms with Crippen LogP contribution in [0, 0.1) is 5.82 Å². The third-order valence-corrected chi connectivity index (χ3v) is 5.65. The second kappa shape index (κ2) is 12.1. The van der Waals surface area contributed by atoms with Crippen LogP contribution >= 0.6 is 23.4 Å². The summed E-state index contributed by atoms with van der Waals surface area (Å²) in [4.78, 5) is 40.9. The van der Waals surface area contributed by atoms with Crippen LogP contribution in [0.2, 0.25) is 5.02 Å². The van der Waals surface area contributed by atoms with E-state index < -0.39 is 5.82 Å². The van der Waals surface area contributed by atoms with Gasteiger partial charge < -0.3 is 10.2 Å². The molecule has 0 aliphatic heterocycles. The van der Waals surface area contributed by atoms with E-state index in [1.807, 2.05) is 0 Å². The molecule has 3 aromatic carbocycles. The van der Waals surface area contributed by atoms with Crippen molar-refractivity contribution in [1.29, 1.82) is 0 Å². The number of anilines is 1. The molecule has 2 amide bonds. The first-order valence-electron chi connectivity index (χ1n) is 10.4. The van der Waals surface area contributed by atoms with Crippen LogP contribution in [0.3, 0.4) is 0 Å². The number of rotatable bonds is 6. The van der Waals surface area contributed by atoms with Gasteiger partial charge in [-0.3, -0.25) is 19.0 Å². The van der Waals surface area contributed by atoms with Gasteiger partial charge in [0.1, 0.15) is 5.82 Å². The number of fused-ring (bicyclic) bond motifs is 1. The Kier molecular flexibility index (Phi) is 8.99. The Hall–Kier alpha value is -3.69. The van der Waals surface area contributed by atoms with Gasteiger partial charge in [0, 0.05) is 24.8 Å². The molecular weight excluding hydrogens is 491 g/mol. The molecule has 0 radical (unpaired) electrons. The van der Waals surface area contributed by atoms with E-state index >= 15 is 0 Å². The average molecular weight is 513 g/mol. The molecule has 0 bridgehead atoms. The molecule has 0 saturated carbocycles. The van der Waals surface area contributed by atoms with Crippen LogP contribution < -0.4 is 10.9 Å². The summed E-state index contributed by atoms with van der Waals surface area (Å²) >= 11 is 7.06. The zero-order valence-electron chi connectivity index (χ0n) is 18.9. The fraction of sp³-hybridized carbons (Fsp3) is 0.120. The molecule has 1 N–H and O–H groups in total. The van der Waals surface area contributed by atoms with E-state index in [-0.39, 0.29) is 17.2 Å². The van der Waals surface area contributed by atoms with Gasteiger partial charge in [0.15, 0.2) is 5.16 Å². The first-order valence-corrected chi connectivity index (χ1v) is 11.7. The van der Waals surface area contributed by atoms with E-state index in [0.29, 0.717) is 32.5 Å². The summed E-state index contributed by atoms with van der Waals surface area (Å²) in [5, 5.41) is 4.06. The van der Waals surface area contributed by atoms with Gasteiger partial charge in [-0.05, 0) is 54.6 Å². The highest BCUT2D eigenvalue weighted by Gasteiger charge is 2.15. The molecule has 35 heavy (non-hydrogen) atoms. The number of thioether (sulfide) groups is 1. The quantitative estimate of drug-likeness (QED) is 0.232. The molecule has 1 heterocycles. The average Bonchev–Trinajstić information content (AvgIpc) is 2.84. The lowest BCUT2D eigenvalue weighted by Crippen LogP contribution is -2.23. The molecule has 0 aliphatic carbocycles. The van der Waals surface area contributed by atoms with Crippen molar-refractivity contribution in [2.75, 3.05) is 25.2 Å². The van der Waals surface area contributed by atoms with Crippen LogP contribution in [0.1, 0.15) is 0 Å². The lowest BCUT2D eigenvalue weighted by Gasteiger charge is -2.13. The van der Waals surface area contributed by atoms with E-state index in [0.717, 1.165) is 18.2 Å². The van der Waals surface area contributed by atoms with Crippen LogP contribution in [-0.4, -0.2) is 46.6 Å². The summed E-state index contributed by atoms with van der Waals surface area (Å²) in [5.74, 6) is -0.649. The second-order valence-corrected chi connectivity index (χ2v) is 8.82. The maximum absolute atomic E-state index is 13.4. The maximum atomic E-state index is 13.4. The molecule has 0 aliphatic rings. The SMILES string of the molecule is CN(C)C=O.O=C(CSc1nc2ccccc2c(=O)n1-c1ccc(F)cc1)Nc1cccc(Cl)c1. The van der Waals surface area contributed by atoms with E-state index in [1.54, 1.807) is 62.6 Å². The lowest BCUT2D eigenvalue weighted by atomic mass is 10.2. The molecule has 7 nitrogen and oxygen atoms in total. The molecule has 180 valence electrons. The Morgan fingerprint density at radius 1 is 1.11 bits per heavy atom. The van der Waals surface area contributed by atoms with Crippen molar-refractivity contribution in [2.45, 2.75) is 5.16 Å². The van der Waals surface area contributed by atoms with Crippen LogP contribution in [0.5, 0.6) is 0 Å². The Morgan fingerprint density at radius 3 is 2.46 bits per heavy atom. The van der Waals surface area contributed by atoms with Gasteiger partial charge in [-0.2, -0.15) is 0 Å². The molecule has 1 aromatic heterocycles. The highest BCUT2D eigenvalue weighted by atomic mass is 35.5. The molecule has 0 saturated heterocycles. The molecule has 4 aromatic rings. The highest BCUT2D eigenvalue weighted by Crippen LogP contribution is 2.22. The van der Waals surface area contributed by atoms with E-state index in [4.69, 9.17) is 11.6 Å². The van der Waals surface area contributed by atoms with Crippen LogP contribution in [-0.2, 0) is 9.59 Å². The third-order valence-electron chi connectivity index (χ3n) is 4.48. The van der Waals surface area contributed by atoms with Crippen molar-refractivity contribution >= 4 is 52.3 Å². The van der Waals surface area contributed by atoms with Crippen molar-refractivity contribution < 1.29 is 14.0 Å². The summed E-state index contributed by atoms with van der Waals surface area (Å²) in [6.07, 6.45) is 0.750. The number of carbonyl (C=O) groups is 2. The normalized spacial score (nSPS) is 10.3. The van der Waals surface area contributed by atoms with Gasteiger partial charge in [0.05, 0.1) is 22.3 Å². The minimum atomic E-state index is -0.407. The number of nitrogens with zero attached hydrogens (tertiary/aromatic N) is 3. The van der Waals surface area contributed by atoms with E-state index in [2.05, 4.69) is 10.3 Å². The fourth-order valence-electron chi connectivity index (χ4n) is 2.92. The molecule has 10 heteroatoms. The molecule has 4 rings (SSSR count). The Balaban J connectivity index is 0.000000623. The number of para-hydroxylation sites is 1. The van der Waals surface area contributed by atoms with Crippen molar-refractivity contribution in [3.8, 4) is 5.69 Å². The van der Waals surface area contributed by atoms with E-state index in [9.17, 15) is 18.8 Å². The highest BCUT2D eigenvalue weighted by molar-refractivity contribution is 7.99. The second-order valence-electron chi connectivity index (χ2n) is 7.44. The number of halogens is 2. The largest absolute Gasteiger partial charge is 0.351 e. The van der Waals surface area contributed by atoms with Gasteiger partial charge in [-0.1, -0.05) is 41.6 Å². The van der Waals surface area contributed by atoms with Crippen molar-refractivity contribution in [2.24, 2.45) is 0 Å². The maximum Gasteiger partial charge on any atom is 0.266 e. The number of hydrogen-bond donors (Lipinski definition) is 1. The van der Waals surface area contributed by atoms with Gasteiger partial charge in [-0.15, -0.1) is 0 Å². The van der Waals surface area contributed by atoms with Crippen LogP contribution in [0.25, 0.3) is 16.6 Å². The first-order chi connectivity index (χ1) is 16.8. The number of hydrogen-bond acceptors (Lipinski definition) is 5. The minimum Gasteiger partial charge on any atom is -0.351 e. The summed E-state index contributed by atoms with van der Waals surface area (Å²) < 4.78 is 14.8. The van der Waals surface area contributed by atoms with Crippen LogP contribution in [0.15, 0.2) is 82.7 Å². The van der Waals surface area contributed by atoms with Gasteiger partial charge in [-0.25, -0.2) is 9.37 Å². The fourth-order valence-corrected chi connectivity index (χ4v) is 3.92. The number of nitrogens with one attached hydrogen (secondary N) is 1. The standard InChI is InChI=1S/C22H15ClFN3O2S.C3H7NO/c23-14-4-3-5-16(12-14)25-20(28)13-30-22-26-19-7-2-1-6-18(19)21(29)27(22)17-10-8-15(24)9-11-17;1-4(2)3-5/h1-12H,13H2,(H,25,28);3H,1-2H3. The summed E-state index contributed by atoms with van der Waals surface area (Å²) in [6.45, 7) is 0. The number of carbonyl (C=O) groups excluding carboxylic acids is 2. The summed E-state index contributed by atoms with van der Waals surface area (Å²) in [5.41, 5.74) is 1.29. The van der Waals surface area contributed by atoms with Gasteiger partial charge in [0.2, 0.25) is 12.3 Å². The Morgan fingerprint density at radius 2 is 1.80 bits per heavy atom. The molecule has 0 unspecified atom stereocenters. The predicted octanol–water partition coefficient (Wildman–Crippen LogP) is 4.61. The summed E-state index contributed by atoms with van der Waals surface area (Å²) in [6, 6.07) is 19.4. The van der Waals surface area contributed by atoms with Gasteiger partial charge in [0.25, 0.3) is 5.56 Å². The van der Waals surface area contributed by atoms with Crippen molar-refractivity contribution in [3.05, 3.63) is 94.0 Å². The zero-order valence-corrected chi connectivity index (χ0v) is 20.5.